The lowest BCUT2D eigenvalue weighted by atomic mass is 10.1. The summed E-state index contributed by atoms with van der Waals surface area (Å²) in [6.45, 7) is -12.5. The summed E-state index contributed by atoms with van der Waals surface area (Å²) in [7, 11) is 0. The molecule has 0 radical (unpaired) electrons. The Morgan fingerprint density at radius 1 is 1.22 bits per heavy atom. The molecule has 0 bridgehead atoms. The molecule has 0 aliphatic heterocycles. The Balaban J connectivity index is 2.41. The molecule has 3 rings (SSSR count). The smallest absolute Gasteiger partial charge is 0.228 e. The van der Waals surface area contributed by atoms with Crippen molar-refractivity contribution in [2.24, 2.45) is 0 Å². The summed E-state index contributed by atoms with van der Waals surface area (Å²) in [4.78, 5) is 17.0. The number of amides is 1. The first-order valence-electron chi connectivity index (χ1n) is 14.4. The summed E-state index contributed by atoms with van der Waals surface area (Å²) in [6, 6.07) is -1.07. The minimum atomic E-state index is -3.40. The van der Waals surface area contributed by atoms with Crippen LogP contribution in [-0.2, 0) is 11.2 Å². The number of nitrogens with zero attached hydrogens (tertiary/aromatic N) is 3. The largest absolute Gasteiger partial charge is 0.348 e. The molecule has 0 unspecified atom stereocenters. The zero-order valence-electron chi connectivity index (χ0n) is 27.7. The van der Waals surface area contributed by atoms with Gasteiger partial charge in [-0.3, -0.25) is 4.79 Å². The third-order valence-electron chi connectivity index (χ3n) is 3.15. The maximum atomic E-state index is 13.1. The van der Waals surface area contributed by atoms with Gasteiger partial charge in [-0.25, -0.2) is 4.98 Å². The third-order valence-corrected chi connectivity index (χ3v) is 3.15. The summed E-state index contributed by atoms with van der Waals surface area (Å²) in [5, 5.41) is 0. The fourth-order valence-electron chi connectivity index (χ4n) is 2.12. The van der Waals surface area contributed by atoms with Gasteiger partial charge in [-0.05, 0) is 25.3 Å². The molecule has 2 heterocycles. The Bertz CT molecular complexity index is 1400. The van der Waals surface area contributed by atoms with Crippen LogP contribution in [-0.4, -0.2) is 34.1 Å². The van der Waals surface area contributed by atoms with Gasteiger partial charge in [-0.1, -0.05) is 35.8 Å². The van der Waals surface area contributed by atoms with Crippen LogP contribution in [0.1, 0.15) is 38.8 Å². The molecule has 0 aliphatic carbocycles. The molecule has 0 spiro atoms. The Labute approximate surface area is 158 Å². The summed E-state index contributed by atoms with van der Waals surface area (Å²) in [6.07, 6.45) is 0.0298. The van der Waals surface area contributed by atoms with Gasteiger partial charge in [0.1, 0.15) is 5.65 Å². The zero-order chi connectivity index (χ0) is 30.0. The van der Waals surface area contributed by atoms with E-state index in [2.05, 4.69) is 4.98 Å². The molecule has 0 fully saturated rings. The Morgan fingerprint density at radius 3 is 2.70 bits per heavy atom. The number of fused-ring (bicyclic) bond motifs is 1. The molecule has 118 valence electrons. The van der Waals surface area contributed by atoms with Crippen LogP contribution in [0.4, 0.5) is 0 Å². The van der Waals surface area contributed by atoms with Gasteiger partial charge in [-0.2, -0.15) is 0 Å². The van der Waals surface area contributed by atoms with Crippen molar-refractivity contribution in [2.45, 2.75) is 20.1 Å². The predicted molar refractivity (Wildman–Crippen MR) is 92.5 cm³/mol. The number of hydrogen-bond acceptors (Lipinski definition) is 2. The average Bonchev–Trinajstić information content (AvgIpc) is 3.06. The number of imidazole rings is 1. The summed E-state index contributed by atoms with van der Waals surface area (Å²) in [5.41, 5.74) is -2.45. The molecule has 3 aromatic rings. The van der Waals surface area contributed by atoms with E-state index in [0.29, 0.717) is 0 Å². The van der Waals surface area contributed by atoms with Crippen molar-refractivity contribution >= 4 is 11.6 Å². The Kier molecular flexibility index (Phi) is 1.33. The Morgan fingerprint density at radius 2 is 2.00 bits per heavy atom. The molecular weight excluding hydrogens is 286 g/mol. The topological polar surface area (TPSA) is 37.6 Å². The first-order valence-corrected chi connectivity index (χ1v) is 6.43. The number of aryl methyl sites for hydroxylation is 1. The van der Waals surface area contributed by atoms with Crippen molar-refractivity contribution in [3.05, 3.63) is 59.3 Å². The van der Waals surface area contributed by atoms with Crippen molar-refractivity contribution in [3.8, 4) is 11.3 Å². The lowest BCUT2D eigenvalue weighted by Crippen LogP contribution is -2.24. The van der Waals surface area contributed by atoms with E-state index in [4.69, 9.17) is 21.9 Å². The minimum absolute atomic E-state index is 0.0492. The highest BCUT2D eigenvalue weighted by molar-refractivity contribution is 5.81. The van der Waals surface area contributed by atoms with E-state index in [1.54, 1.807) is 0 Å². The van der Waals surface area contributed by atoms with Gasteiger partial charge in [0.25, 0.3) is 0 Å². The summed E-state index contributed by atoms with van der Waals surface area (Å²) >= 11 is 0. The van der Waals surface area contributed by atoms with Crippen LogP contribution in [0.2, 0.25) is 0 Å². The molecule has 1 amide bonds. The lowest BCUT2D eigenvalue weighted by molar-refractivity contribution is -0.128. The summed E-state index contributed by atoms with van der Waals surface area (Å²) in [5.74, 6) is -1.45. The van der Waals surface area contributed by atoms with Crippen molar-refractivity contribution < 1.29 is 26.7 Å². The number of pyridine rings is 1. The molecule has 4 nitrogen and oxygen atoms in total. The molecule has 0 atom stereocenters. The first kappa shape index (κ1) is 5.20. The SMILES string of the molecule is [2H]c1c([2H])c(C([2H])([2H])[2H])c([2H])c([2H])c1-c1nc2ccc(C([2H])([2H])[2H])cn2c1CC(=O)N(C([2H])([2H])[2H])C([2H])([2H])[2H]. The molecule has 0 N–H and O–H groups in total. The van der Waals surface area contributed by atoms with Gasteiger partial charge in [0.15, 0.2) is 0 Å². The highest BCUT2D eigenvalue weighted by atomic mass is 16.2. The van der Waals surface area contributed by atoms with Crippen molar-refractivity contribution in [3.63, 3.8) is 0 Å². The molecular formula is C19H21N3O. The average molecular weight is 323 g/mol. The van der Waals surface area contributed by atoms with Gasteiger partial charge in [0.05, 0.1) is 23.3 Å². The van der Waals surface area contributed by atoms with E-state index in [9.17, 15) is 4.79 Å². The van der Waals surface area contributed by atoms with Gasteiger partial charge >= 0.3 is 0 Å². The van der Waals surface area contributed by atoms with Gasteiger partial charge in [-0.15, -0.1) is 0 Å². The van der Waals surface area contributed by atoms with E-state index in [0.717, 1.165) is 10.6 Å². The second-order valence-corrected chi connectivity index (χ2v) is 4.71. The number of aromatic nitrogens is 2. The highest BCUT2D eigenvalue weighted by Gasteiger charge is 2.18. The van der Waals surface area contributed by atoms with Crippen molar-refractivity contribution in [1.29, 1.82) is 0 Å². The van der Waals surface area contributed by atoms with E-state index >= 15 is 0 Å². The van der Waals surface area contributed by atoms with E-state index in [-0.39, 0.29) is 21.8 Å². The molecule has 0 aliphatic rings. The number of rotatable bonds is 3. The van der Waals surface area contributed by atoms with Crippen LogP contribution >= 0.6 is 0 Å². The standard InChI is InChI=1S/C19H21N3O/c1-13-5-8-15(9-6-13)19-16(11-18(23)21(3)4)22-12-14(2)7-10-17(22)20-19/h5-10,12H,11H2,1-4H3/i1D3,2D3,3D3,4D3,5D,6D,8D,9D. The van der Waals surface area contributed by atoms with E-state index in [1.807, 2.05) is 0 Å². The molecule has 0 saturated heterocycles. The maximum Gasteiger partial charge on any atom is 0.228 e. The van der Waals surface area contributed by atoms with E-state index in [1.165, 1.54) is 12.1 Å². The first-order chi connectivity index (χ1) is 17.5. The fraction of sp³-hybridized carbons (Fsp3) is 0.263. The number of carbonyl (C=O) groups is 1. The zero-order valence-corrected chi connectivity index (χ0v) is 11.7. The quantitative estimate of drug-likeness (QED) is 0.742. The number of carbonyl (C=O) groups excluding carboxylic acids is 1. The number of benzene rings is 1. The Hall–Kier alpha value is -2.62. The number of hydrogen-bond donors (Lipinski definition) is 0. The van der Waals surface area contributed by atoms with Crippen molar-refractivity contribution in [1.82, 2.24) is 14.3 Å². The highest BCUT2D eigenvalue weighted by Crippen LogP contribution is 2.26. The van der Waals surface area contributed by atoms with Gasteiger partial charge in [0, 0.05) is 42.2 Å². The monoisotopic (exact) mass is 323 g/mol. The van der Waals surface area contributed by atoms with Crippen molar-refractivity contribution in [2.75, 3.05) is 14.0 Å². The molecule has 2 aromatic heterocycles. The molecule has 1 aromatic carbocycles. The van der Waals surface area contributed by atoms with Crippen LogP contribution in [0.3, 0.4) is 0 Å². The van der Waals surface area contributed by atoms with Gasteiger partial charge in [0.2, 0.25) is 5.91 Å². The minimum Gasteiger partial charge on any atom is -0.348 e. The lowest BCUT2D eigenvalue weighted by Gasteiger charge is -2.11. The normalized spacial score (nSPS) is 23.3. The van der Waals surface area contributed by atoms with Crippen LogP contribution < -0.4 is 0 Å². The summed E-state index contributed by atoms with van der Waals surface area (Å²) < 4.78 is 125. The molecule has 0 saturated carbocycles. The molecule has 4 heteroatoms. The van der Waals surface area contributed by atoms with Crippen LogP contribution in [0.15, 0.2) is 42.5 Å². The fourth-order valence-corrected chi connectivity index (χ4v) is 2.12. The third kappa shape index (κ3) is 2.97. The second kappa shape index (κ2) is 5.88. The van der Waals surface area contributed by atoms with E-state index < -0.39 is 81.0 Å². The molecule has 23 heavy (non-hydrogen) atoms. The van der Waals surface area contributed by atoms with Crippen LogP contribution in [0.25, 0.3) is 16.9 Å². The van der Waals surface area contributed by atoms with Gasteiger partial charge < -0.3 is 9.30 Å². The van der Waals surface area contributed by atoms with Crippen LogP contribution in [0, 0.1) is 13.7 Å². The van der Waals surface area contributed by atoms with Crippen LogP contribution in [0.5, 0.6) is 0 Å². The predicted octanol–water partition coefficient (Wildman–Crippen LogP) is 3.25. The maximum absolute atomic E-state index is 13.1. The second-order valence-electron chi connectivity index (χ2n) is 4.71. The number of likely N-dealkylation sites (N-methyl/N-ethyl adjacent to an activating group) is 1.